The predicted octanol–water partition coefficient (Wildman–Crippen LogP) is 2.21. The van der Waals surface area contributed by atoms with Crippen LogP contribution in [0.25, 0.3) is 0 Å². The van der Waals surface area contributed by atoms with Crippen molar-refractivity contribution in [2.24, 2.45) is 0 Å². The van der Waals surface area contributed by atoms with Crippen LogP contribution in [0.3, 0.4) is 0 Å². The number of pyridine rings is 2. The fourth-order valence-corrected chi connectivity index (χ4v) is 2.19. The van der Waals surface area contributed by atoms with Crippen LogP contribution < -0.4 is 10.1 Å². The lowest BCUT2D eigenvalue weighted by molar-refractivity contribution is 0.102. The van der Waals surface area contributed by atoms with E-state index in [4.69, 9.17) is 9.47 Å². The van der Waals surface area contributed by atoms with Crippen LogP contribution in [0.1, 0.15) is 22.5 Å². The second-order valence-electron chi connectivity index (χ2n) is 5.10. The van der Waals surface area contributed by atoms with Crippen molar-refractivity contribution in [3.8, 4) is 5.88 Å². The number of carbonyl (C=O) groups is 1. The molecule has 1 aliphatic rings. The maximum Gasteiger partial charge on any atom is 0.257 e. The lowest BCUT2D eigenvalue weighted by Gasteiger charge is -2.11. The van der Waals surface area contributed by atoms with Crippen molar-refractivity contribution >= 4 is 11.7 Å². The third-order valence-corrected chi connectivity index (χ3v) is 3.30. The number of ether oxygens (including phenoxy) is 2. The quantitative estimate of drug-likeness (QED) is 0.937. The van der Waals surface area contributed by atoms with E-state index >= 15 is 0 Å². The number of aromatic nitrogens is 2. The molecule has 3 rings (SSSR count). The highest BCUT2D eigenvalue weighted by Crippen LogP contribution is 2.16. The van der Waals surface area contributed by atoms with Gasteiger partial charge in [0, 0.05) is 29.9 Å². The first kappa shape index (κ1) is 14.5. The first-order valence-electron chi connectivity index (χ1n) is 7.16. The lowest BCUT2D eigenvalue weighted by atomic mass is 10.2. The van der Waals surface area contributed by atoms with E-state index in [0.717, 1.165) is 12.1 Å². The molecule has 1 unspecified atom stereocenters. The van der Waals surface area contributed by atoms with Gasteiger partial charge >= 0.3 is 0 Å². The summed E-state index contributed by atoms with van der Waals surface area (Å²) < 4.78 is 11.0. The highest BCUT2D eigenvalue weighted by atomic mass is 16.5. The van der Waals surface area contributed by atoms with Crippen molar-refractivity contribution in [1.82, 2.24) is 9.97 Å². The van der Waals surface area contributed by atoms with Crippen molar-refractivity contribution in [2.45, 2.75) is 19.4 Å². The van der Waals surface area contributed by atoms with E-state index in [1.165, 1.54) is 0 Å². The molecule has 1 fully saturated rings. The Hall–Kier alpha value is -2.47. The molecule has 0 aliphatic carbocycles. The maximum atomic E-state index is 12.3. The largest absolute Gasteiger partial charge is 0.472 e. The normalized spacial score (nSPS) is 17.2. The van der Waals surface area contributed by atoms with Crippen molar-refractivity contribution in [2.75, 3.05) is 18.5 Å². The molecule has 1 aliphatic heterocycles. The second kappa shape index (κ2) is 6.53. The molecule has 2 aromatic rings. The van der Waals surface area contributed by atoms with Crippen LogP contribution in [0.15, 0.2) is 36.5 Å². The number of hydrogen-bond donors (Lipinski definition) is 1. The van der Waals surface area contributed by atoms with Crippen molar-refractivity contribution < 1.29 is 14.3 Å². The van der Waals surface area contributed by atoms with E-state index in [1.54, 1.807) is 24.4 Å². The van der Waals surface area contributed by atoms with Crippen molar-refractivity contribution in [3.63, 3.8) is 0 Å². The Bertz CT molecular complexity index is 669. The minimum Gasteiger partial charge on any atom is -0.472 e. The molecule has 2 aromatic heterocycles. The third-order valence-electron chi connectivity index (χ3n) is 3.30. The fraction of sp³-hybridized carbons (Fsp3) is 0.312. The number of amides is 1. The van der Waals surface area contributed by atoms with Gasteiger partial charge in [-0.15, -0.1) is 0 Å². The summed E-state index contributed by atoms with van der Waals surface area (Å²) in [4.78, 5) is 20.6. The van der Waals surface area contributed by atoms with E-state index in [0.29, 0.717) is 30.5 Å². The zero-order valence-corrected chi connectivity index (χ0v) is 12.3. The molecule has 0 saturated carbocycles. The van der Waals surface area contributed by atoms with Gasteiger partial charge in [0.25, 0.3) is 5.91 Å². The van der Waals surface area contributed by atoms with Gasteiger partial charge in [-0.2, -0.15) is 0 Å². The topological polar surface area (TPSA) is 73.3 Å². The Morgan fingerprint density at radius 1 is 1.41 bits per heavy atom. The number of aryl methyl sites for hydroxylation is 1. The van der Waals surface area contributed by atoms with Crippen LogP contribution in [0.5, 0.6) is 5.88 Å². The third kappa shape index (κ3) is 3.59. The Labute approximate surface area is 128 Å². The van der Waals surface area contributed by atoms with Crippen LogP contribution in [0.2, 0.25) is 0 Å². The van der Waals surface area contributed by atoms with Crippen LogP contribution in [0, 0.1) is 6.92 Å². The molecular weight excluding hydrogens is 282 g/mol. The summed E-state index contributed by atoms with van der Waals surface area (Å²) in [6, 6.07) is 8.74. The molecule has 3 heterocycles. The standard InChI is InChI=1S/C16H17N3O3/c1-11-3-2-4-14(18-11)19-16(20)12-5-7-17-15(9-12)22-13-6-8-21-10-13/h2-5,7,9,13H,6,8,10H2,1H3,(H,18,19,20). The Balaban J connectivity index is 1.69. The second-order valence-corrected chi connectivity index (χ2v) is 5.10. The minimum absolute atomic E-state index is 0.00394. The van der Waals surface area contributed by atoms with Gasteiger partial charge in [0.05, 0.1) is 13.2 Å². The fourth-order valence-electron chi connectivity index (χ4n) is 2.19. The first-order valence-corrected chi connectivity index (χ1v) is 7.16. The van der Waals surface area contributed by atoms with Crippen LogP contribution in [0.4, 0.5) is 5.82 Å². The number of nitrogens with one attached hydrogen (secondary N) is 1. The molecule has 1 N–H and O–H groups in total. The summed E-state index contributed by atoms with van der Waals surface area (Å²) in [6.07, 6.45) is 2.40. The molecular formula is C16H17N3O3. The monoisotopic (exact) mass is 299 g/mol. The lowest BCUT2D eigenvalue weighted by Crippen LogP contribution is -2.17. The number of anilines is 1. The number of nitrogens with zero attached hydrogens (tertiary/aromatic N) is 2. The zero-order chi connectivity index (χ0) is 15.4. The van der Waals surface area contributed by atoms with Gasteiger partial charge in [0.1, 0.15) is 11.9 Å². The summed E-state index contributed by atoms with van der Waals surface area (Å²) in [5.41, 5.74) is 1.32. The van der Waals surface area contributed by atoms with E-state index in [2.05, 4.69) is 15.3 Å². The molecule has 0 spiro atoms. The van der Waals surface area contributed by atoms with Gasteiger partial charge in [0.15, 0.2) is 0 Å². The summed E-state index contributed by atoms with van der Waals surface area (Å²) in [6.45, 7) is 3.13. The Kier molecular flexibility index (Phi) is 4.29. The average Bonchev–Trinajstić information content (AvgIpc) is 3.00. The molecule has 1 amide bonds. The molecule has 1 atom stereocenters. The highest BCUT2D eigenvalue weighted by Gasteiger charge is 2.18. The molecule has 0 aromatic carbocycles. The summed E-state index contributed by atoms with van der Waals surface area (Å²) in [7, 11) is 0. The van der Waals surface area contributed by atoms with Crippen molar-refractivity contribution in [1.29, 1.82) is 0 Å². The molecule has 0 bridgehead atoms. The van der Waals surface area contributed by atoms with Gasteiger partial charge < -0.3 is 14.8 Å². The van der Waals surface area contributed by atoms with Gasteiger partial charge in [-0.05, 0) is 25.1 Å². The molecule has 114 valence electrons. The highest BCUT2D eigenvalue weighted by molar-refractivity contribution is 6.03. The van der Waals surface area contributed by atoms with Gasteiger partial charge in [-0.25, -0.2) is 9.97 Å². The molecule has 22 heavy (non-hydrogen) atoms. The van der Waals surface area contributed by atoms with E-state index in [9.17, 15) is 4.79 Å². The van der Waals surface area contributed by atoms with E-state index < -0.39 is 0 Å². The molecule has 1 saturated heterocycles. The SMILES string of the molecule is Cc1cccc(NC(=O)c2ccnc(OC3CCOC3)c2)n1. The van der Waals surface area contributed by atoms with E-state index in [1.807, 2.05) is 19.1 Å². The van der Waals surface area contributed by atoms with Crippen molar-refractivity contribution in [3.05, 3.63) is 47.8 Å². The summed E-state index contributed by atoms with van der Waals surface area (Å²) >= 11 is 0. The first-order chi connectivity index (χ1) is 10.7. The van der Waals surface area contributed by atoms with Gasteiger partial charge in [-0.1, -0.05) is 6.07 Å². The Morgan fingerprint density at radius 3 is 3.09 bits per heavy atom. The van der Waals surface area contributed by atoms with E-state index in [-0.39, 0.29) is 12.0 Å². The van der Waals surface area contributed by atoms with Gasteiger partial charge in [-0.3, -0.25) is 4.79 Å². The molecule has 0 radical (unpaired) electrons. The maximum absolute atomic E-state index is 12.3. The van der Waals surface area contributed by atoms with Crippen LogP contribution in [-0.2, 0) is 4.74 Å². The number of rotatable bonds is 4. The number of hydrogen-bond acceptors (Lipinski definition) is 5. The molecule has 6 heteroatoms. The zero-order valence-electron chi connectivity index (χ0n) is 12.3. The Morgan fingerprint density at radius 2 is 2.32 bits per heavy atom. The van der Waals surface area contributed by atoms with Crippen LogP contribution >= 0.6 is 0 Å². The average molecular weight is 299 g/mol. The van der Waals surface area contributed by atoms with Gasteiger partial charge in [0.2, 0.25) is 5.88 Å². The van der Waals surface area contributed by atoms with Crippen LogP contribution in [-0.4, -0.2) is 35.2 Å². The summed E-state index contributed by atoms with van der Waals surface area (Å²) in [5.74, 6) is 0.710. The molecule has 6 nitrogen and oxygen atoms in total. The minimum atomic E-state index is -0.243. The predicted molar refractivity (Wildman–Crippen MR) is 81.0 cm³/mol. The smallest absolute Gasteiger partial charge is 0.257 e. The number of carbonyl (C=O) groups excluding carboxylic acids is 1. The summed E-state index contributed by atoms with van der Waals surface area (Å²) in [5, 5.41) is 2.76.